The van der Waals surface area contributed by atoms with Crippen molar-refractivity contribution in [3.05, 3.63) is 54.4 Å². The number of aliphatic hydroxyl groups is 1. The number of aromatic nitrogens is 1. The van der Waals surface area contributed by atoms with Gasteiger partial charge in [-0.1, -0.05) is 6.07 Å². The average molecular weight is 288 g/mol. The number of rotatable bonds is 6. The molecule has 1 amide bonds. The quantitative estimate of drug-likeness (QED) is 0.740. The standard InChI is InChI=1S/C15H16N2O4/c18-9-6-13(15(20)21)16-14(19)11-4-3-5-12(10-11)17-7-1-2-8-17/h1-5,7-8,10,13,18H,6,9H2,(H,16,19)(H,20,21)/t13-/m1/s1. The molecule has 2 aromatic rings. The van der Waals surface area contributed by atoms with Gasteiger partial charge in [0.15, 0.2) is 0 Å². The van der Waals surface area contributed by atoms with Crippen molar-refractivity contribution in [3.8, 4) is 5.69 Å². The van der Waals surface area contributed by atoms with Crippen LogP contribution in [0, 0.1) is 0 Å². The fourth-order valence-corrected chi connectivity index (χ4v) is 1.94. The molecule has 1 aromatic carbocycles. The van der Waals surface area contributed by atoms with E-state index in [9.17, 15) is 9.59 Å². The van der Waals surface area contributed by atoms with Gasteiger partial charge < -0.3 is 20.1 Å². The van der Waals surface area contributed by atoms with Crippen LogP contribution in [-0.4, -0.2) is 39.3 Å². The van der Waals surface area contributed by atoms with Crippen LogP contribution in [0.5, 0.6) is 0 Å². The topological polar surface area (TPSA) is 91.6 Å². The zero-order chi connectivity index (χ0) is 15.2. The van der Waals surface area contributed by atoms with Crippen molar-refractivity contribution in [2.75, 3.05) is 6.61 Å². The maximum atomic E-state index is 12.1. The van der Waals surface area contributed by atoms with Gasteiger partial charge in [-0.05, 0) is 30.3 Å². The molecule has 0 spiro atoms. The summed E-state index contributed by atoms with van der Waals surface area (Å²) >= 11 is 0. The predicted octanol–water partition coefficient (Wildman–Crippen LogP) is 1.04. The summed E-state index contributed by atoms with van der Waals surface area (Å²) in [7, 11) is 0. The van der Waals surface area contributed by atoms with E-state index in [-0.39, 0.29) is 13.0 Å². The number of hydrogen-bond acceptors (Lipinski definition) is 3. The minimum atomic E-state index is -1.17. The third-order valence-electron chi connectivity index (χ3n) is 3.03. The van der Waals surface area contributed by atoms with Crippen LogP contribution in [0.15, 0.2) is 48.8 Å². The van der Waals surface area contributed by atoms with Crippen LogP contribution < -0.4 is 5.32 Å². The number of carbonyl (C=O) groups is 2. The summed E-state index contributed by atoms with van der Waals surface area (Å²) < 4.78 is 1.85. The number of aliphatic carboxylic acids is 1. The highest BCUT2D eigenvalue weighted by atomic mass is 16.4. The first-order valence-corrected chi connectivity index (χ1v) is 6.50. The number of carbonyl (C=O) groups excluding carboxylic acids is 1. The van der Waals surface area contributed by atoms with Crippen LogP contribution in [0.4, 0.5) is 0 Å². The Kier molecular flexibility index (Phi) is 4.73. The summed E-state index contributed by atoms with van der Waals surface area (Å²) in [6, 6.07) is 9.50. The van der Waals surface area contributed by atoms with Gasteiger partial charge in [-0.25, -0.2) is 4.79 Å². The fraction of sp³-hybridized carbons (Fsp3) is 0.200. The van der Waals surface area contributed by atoms with Gasteiger partial charge in [0.25, 0.3) is 5.91 Å². The Morgan fingerprint density at radius 2 is 1.90 bits per heavy atom. The zero-order valence-corrected chi connectivity index (χ0v) is 11.3. The van der Waals surface area contributed by atoms with Gasteiger partial charge in [0.2, 0.25) is 0 Å². The van der Waals surface area contributed by atoms with Crippen LogP contribution in [-0.2, 0) is 4.79 Å². The Bertz CT molecular complexity index is 622. The molecule has 6 heteroatoms. The summed E-state index contributed by atoms with van der Waals surface area (Å²) in [6.07, 6.45) is 3.67. The van der Waals surface area contributed by atoms with Gasteiger partial charge in [0, 0.05) is 36.7 Å². The average Bonchev–Trinajstić information content (AvgIpc) is 3.01. The molecule has 0 aliphatic carbocycles. The number of aliphatic hydroxyl groups excluding tert-OH is 1. The second kappa shape index (κ2) is 6.71. The van der Waals surface area contributed by atoms with Crippen molar-refractivity contribution in [2.45, 2.75) is 12.5 Å². The number of nitrogens with zero attached hydrogens (tertiary/aromatic N) is 1. The molecule has 21 heavy (non-hydrogen) atoms. The van der Waals surface area contributed by atoms with Crippen molar-refractivity contribution in [1.29, 1.82) is 0 Å². The number of amides is 1. The summed E-state index contributed by atoms with van der Waals surface area (Å²) in [5.74, 6) is -1.65. The molecule has 0 unspecified atom stereocenters. The second-order valence-electron chi connectivity index (χ2n) is 4.52. The Labute approximate surface area is 121 Å². The lowest BCUT2D eigenvalue weighted by Crippen LogP contribution is -2.41. The molecule has 0 saturated heterocycles. The van der Waals surface area contributed by atoms with E-state index in [1.807, 2.05) is 35.2 Å². The summed E-state index contributed by atoms with van der Waals surface area (Å²) in [5, 5.41) is 20.2. The van der Waals surface area contributed by atoms with Crippen molar-refractivity contribution in [1.82, 2.24) is 9.88 Å². The van der Waals surface area contributed by atoms with Gasteiger partial charge in [0.1, 0.15) is 6.04 Å². The minimum Gasteiger partial charge on any atom is -0.480 e. The molecule has 0 bridgehead atoms. The normalized spacial score (nSPS) is 11.9. The van der Waals surface area contributed by atoms with Gasteiger partial charge in [-0.2, -0.15) is 0 Å². The van der Waals surface area contributed by atoms with Crippen molar-refractivity contribution in [3.63, 3.8) is 0 Å². The van der Waals surface area contributed by atoms with Crippen LogP contribution in [0.1, 0.15) is 16.8 Å². The van der Waals surface area contributed by atoms with E-state index in [1.54, 1.807) is 18.2 Å². The number of benzene rings is 1. The van der Waals surface area contributed by atoms with Crippen LogP contribution in [0.2, 0.25) is 0 Å². The van der Waals surface area contributed by atoms with E-state index in [0.717, 1.165) is 5.69 Å². The maximum Gasteiger partial charge on any atom is 0.326 e. The lowest BCUT2D eigenvalue weighted by molar-refractivity contribution is -0.139. The van der Waals surface area contributed by atoms with Crippen LogP contribution >= 0.6 is 0 Å². The van der Waals surface area contributed by atoms with Crippen LogP contribution in [0.3, 0.4) is 0 Å². The first-order chi connectivity index (χ1) is 10.1. The largest absolute Gasteiger partial charge is 0.480 e. The van der Waals surface area contributed by atoms with Gasteiger partial charge >= 0.3 is 5.97 Å². The van der Waals surface area contributed by atoms with E-state index < -0.39 is 17.9 Å². The van der Waals surface area contributed by atoms with Crippen LogP contribution in [0.25, 0.3) is 5.69 Å². The smallest absolute Gasteiger partial charge is 0.326 e. The molecule has 110 valence electrons. The molecule has 0 saturated carbocycles. The molecule has 6 nitrogen and oxygen atoms in total. The van der Waals surface area contributed by atoms with E-state index in [1.165, 1.54) is 0 Å². The first-order valence-electron chi connectivity index (χ1n) is 6.50. The molecule has 0 radical (unpaired) electrons. The number of nitrogens with one attached hydrogen (secondary N) is 1. The monoisotopic (exact) mass is 288 g/mol. The molecule has 0 aliphatic rings. The van der Waals surface area contributed by atoms with E-state index in [2.05, 4.69) is 5.32 Å². The fourth-order valence-electron chi connectivity index (χ4n) is 1.94. The molecule has 0 aliphatic heterocycles. The lowest BCUT2D eigenvalue weighted by Gasteiger charge is -2.13. The summed E-state index contributed by atoms with van der Waals surface area (Å²) in [5.41, 5.74) is 1.17. The third-order valence-corrected chi connectivity index (χ3v) is 3.03. The lowest BCUT2D eigenvalue weighted by atomic mass is 10.1. The maximum absolute atomic E-state index is 12.1. The molecule has 1 aromatic heterocycles. The Morgan fingerprint density at radius 1 is 1.19 bits per heavy atom. The summed E-state index contributed by atoms with van der Waals surface area (Å²) in [4.78, 5) is 23.1. The predicted molar refractivity (Wildman–Crippen MR) is 76.4 cm³/mol. The van der Waals surface area contributed by atoms with Crippen molar-refractivity contribution >= 4 is 11.9 Å². The molecule has 2 rings (SSSR count). The van der Waals surface area contributed by atoms with Gasteiger partial charge in [-0.3, -0.25) is 4.79 Å². The van der Waals surface area contributed by atoms with E-state index in [4.69, 9.17) is 10.2 Å². The number of carboxylic acid groups (broad SMARTS) is 1. The van der Waals surface area contributed by atoms with E-state index >= 15 is 0 Å². The third kappa shape index (κ3) is 3.70. The molecule has 3 N–H and O–H groups in total. The van der Waals surface area contributed by atoms with Crippen molar-refractivity contribution < 1.29 is 19.8 Å². The first kappa shape index (κ1) is 14.8. The highest BCUT2D eigenvalue weighted by Gasteiger charge is 2.20. The molecule has 1 atom stereocenters. The molecule has 0 fully saturated rings. The Morgan fingerprint density at radius 3 is 2.52 bits per heavy atom. The van der Waals surface area contributed by atoms with Gasteiger partial charge in [-0.15, -0.1) is 0 Å². The highest BCUT2D eigenvalue weighted by molar-refractivity contribution is 5.97. The minimum absolute atomic E-state index is 0.0294. The Hall–Kier alpha value is -2.60. The zero-order valence-electron chi connectivity index (χ0n) is 11.3. The molecular formula is C15H16N2O4. The van der Waals surface area contributed by atoms with Gasteiger partial charge in [0.05, 0.1) is 0 Å². The Balaban J connectivity index is 2.16. The molecular weight excluding hydrogens is 272 g/mol. The summed E-state index contributed by atoms with van der Waals surface area (Å²) in [6.45, 7) is -0.305. The number of hydrogen-bond donors (Lipinski definition) is 3. The number of carboxylic acids is 1. The van der Waals surface area contributed by atoms with Crippen molar-refractivity contribution in [2.24, 2.45) is 0 Å². The van der Waals surface area contributed by atoms with E-state index in [0.29, 0.717) is 5.56 Å². The second-order valence-corrected chi connectivity index (χ2v) is 4.52. The highest BCUT2D eigenvalue weighted by Crippen LogP contribution is 2.11. The SMILES string of the molecule is O=C(N[C@H](CCO)C(=O)O)c1cccc(-n2cccc2)c1. The molecule has 1 heterocycles.